The van der Waals surface area contributed by atoms with Gasteiger partial charge in [-0.25, -0.2) is 0 Å². The highest BCUT2D eigenvalue weighted by molar-refractivity contribution is 6.33. The van der Waals surface area contributed by atoms with E-state index in [0.29, 0.717) is 17.1 Å². The van der Waals surface area contributed by atoms with Gasteiger partial charge >= 0.3 is 6.29 Å². The van der Waals surface area contributed by atoms with Crippen LogP contribution in [-0.4, -0.2) is 13.4 Å². The topological polar surface area (TPSA) is 39.7 Å². The molecule has 0 aromatic heterocycles. The van der Waals surface area contributed by atoms with Crippen LogP contribution in [0.5, 0.6) is 17.2 Å². The van der Waals surface area contributed by atoms with Crippen LogP contribution in [0.15, 0.2) is 54.6 Å². The van der Waals surface area contributed by atoms with Crippen molar-refractivity contribution in [2.75, 3.05) is 12.4 Å². The zero-order valence-electron chi connectivity index (χ0n) is 16.5. The lowest BCUT2D eigenvalue weighted by molar-refractivity contribution is -0.286. The third kappa shape index (κ3) is 4.00. The summed E-state index contributed by atoms with van der Waals surface area (Å²) in [6.45, 7) is 2.66. The van der Waals surface area contributed by atoms with Gasteiger partial charge in [0.1, 0.15) is 5.75 Å². The molecule has 0 saturated carbocycles. The molecule has 4 rings (SSSR count). The number of ether oxygens (including phenoxy) is 3. The highest BCUT2D eigenvalue weighted by Gasteiger charge is 2.43. The Bertz CT molecular complexity index is 1090. The van der Waals surface area contributed by atoms with E-state index in [-0.39, 0.29) is 11.5 Å². The highest BCUT2D eigenvalue weighted by Crippen LogP contribution is 2.46. The second kappa shape index (κ2) is 8.03. The first kappa shape index (κ1) is 20.3. The summed E-state index contributed by atoms with van der Waals surface area (Å²) in [6.07, 6.45) is -2.90. The number of hydrogen-bond donors (Lipinski definition) is 1. The van der Waals surface area contributed by atoms with Crippen molar-refractivity contribution in [1.29, 1.82) is 0 Å². The van der Waals surface area contributed by atoms with E-state index in [4.69, 9.17) is 16.3 Å². The molecule has 1 aliphatic heterocycles. The standard InChI is InChI=1S/C23H20ClF2NO3/c1-3-14-10-15(17-11-21-22(12-18(17)24)30-23(25,26)29-21)8-9-19(14)27-13-16-6-4-5-7-20(16)28-2/h4-12,27H,3,13H2,1-2H3. The Morgan fingerprint density at radius 1 is 1.00 bits per heavy atom. The van der Waals surface area contributed by atoms with Crippen LogP contribution in [-0.2, 0) is 13.0 Å². The lowest BCUT2D eigenvalue weighted by atomic mass is 9.99. The largest absolute Gasteiger partial charge is 0.586 e. The van der Waals surface area contributed by atoms with Gasteiger partial charge in [0, 0.05) is 29.4 Å². The average Bonchev–Trinajstić information content (AvgIpc) is 3.04. The van der Waals surface area contributed by atoms with Gasteiger partial charge in [-0.15, -0.1) is 8.78 Å². The van der Waals surface area contributed by atoms with Crippen LogP contribution in [0.3, 0.4) is 0 Å². The Morgan fingerprint density at radius 3 is 2.47 bits per heavy atom. The fourth-order valence-electron chi connectivity index (χ4n) is 3.46. The number of para-hydroxylation sites is 1. The third-order valence-electron chi connectivity index (χ3n) is 4.95. The Morgan fingerprint density at radius 2 is 1.73 bits per heavy atom. The highest BCUT2D eigenvalue weighted by atomic mass is 35.5. The second-order valence-electron chi connectivity index (χ2n) is 6.84. The number of anilines is 1. The number of hydrogen-bond acceptors (Lipinski definition) is 4. The molecule has 1 N–H and O–H groups in total. The summed E-state index contributed by atoms with van der Waals surface area (Å²) in [5, 5.41) is 3.76. The van der Waals surface area contributed by atoms with Crippen LogP contribution < -0.4 is 19.5 Å². The van der Waals surface area contributed by atoms with Crippen molar-refractivity contribution >= 4 is 17.3 Å². The minimum atomic E-state index is -3.68. The molecule has 0 saturated heterocycles. The average molecular weight is 432 g/mol. The minimum Gasteiger partial charge on any atom is -0.496 e. The second-order valence-corrected chi connectivity index (χ2v) is 7.24. The number of halogens is 3. The van der Waals surface area contributed by atoms with Crippen molar-refractivity contribution in [2.24, 2.45) is 0 Å². The molecule has 0 amide bonds. The first-order chi connectivity index (χ1) is 14.4. The Hall–Kier alpha value is -2.99. The number of rotatable bonds is 6. The number of alkyl halides is 2. The molecule has 1 heterocycles. The van der Waals surface area contributed by atoms with Gasteiger partial charge in [0.2, 0.25) is 0 Å². The van der Waals surface area contributed by atoms with E-state index in [1.807, 2.05) is 42.5 Å². The molecular formula is C23H20ClF2NO3. The van der Waals surface area contributed by atoms with E-state index in [1.54, 1.807) is 7.11 Å². The predicted octanol–water partition coefficient (Wildman–Crippen LogP) is 6.51. The smallest absolute Gasteiger partial charge is 0.496 e. The number of nitrogens with one attached hydrogen (secondary N) is 1. The maximum Gasteiger partial charge on any atom is 0.586 e. The number of benzene rings is 3. The lowest BCUT2D eigenvalue weighted by Gasteiger charge is -2.15. The predicted molar refractivity (Wildman–Crippen MR) is 113 cm³/mol. The summed E-state index contributed by atoms with van der Waals surface area (Å²) in [5.41, 5.74) is 4.51. The molecule has 156 valence electrons. The quantitative estimate of drug-likeness (QED) is 0.482. The first-order valence-electron chi connectivity index (χ1n) is 9.48. The van der Waals surface area contributed by atoms with Crippen LogP contribution in [0, 0.1) is 0 Å². The molecule has 0 bridgehead atoms. The summed E-state index contributed by atoms with van der Waals surface area (Å²) < 4.78 is 41.1. The third-order valence-corrected chi connectivity index (χ3v) is 5.26. The summed E-state index contributed by atoms with van der Waals surface area (Å²) in [7, 11) is 1.65. The van der Waals surface area contributed by atoms with E-state index in [2.05, 4.69) is 21.7 Å². The maximum absolute atomic E-state index is 13.3. The molecule has 7 heteroatoms. The van der Waals surface area contributed by atoms with E-state index >= 15 is 0 Å². The van der Waals surface area contributed by atoms with E-state index in [9.17, 15) is 8.78 Å². The molecule has 0 radical (unpaired) electrons. The summed E-state index contributed by atoms with van der Waals surface area (Å²) in [4.78, 5) is 0. The van der Waals surface area contributed by atoms with Gasteiger partial charge in [0.05, 0.1) is 12.1 Å². The van der Waals surface area contributed by atoms with Gasteiger partial charge in [0.25, 0.3) is 0 Å². The summed E-state index contributed by atoms with van der Waals surface area (Å²) in [6, 6.07) is 16.5. The van der Waals surface area contributed by atoms with Crippen LogP contribution in [0.1, 0.15) is 18.1 Å². The molecule has 0 unspecified atom stereocenters. The summed E-state index contributed by atoms with van der Waals surface area (Å²) >= 11 is 6.34. The lowest BCUT2D eigenvalue weighted by Crippen LogP contribution is -2.25. The SMILES string of the molecule is CCc1cc(-c2cc3c(cc2Cl)OC(F)(F)O3)ccc1NCc1ccccc1OC. The van der Waals surface area contributed by atoms with Crippen LogP contribution in [0.4, 0.5) is 14.5 Å². The van der Waals surface area contributed by atoms with E-state index < -0.39 is 6.29 Å². The normalized spacial score (nSPS) is 13.9. The molecule has 0 fully saturated rings. The van der Waals surface area contributed by atoms with Crippen molar-refractivity contribution in [1.82, 2.24) is 0 Å². The molecule has 30 heavy (non-hydrogen) atoms. The van der Waals surface area contributed by atoms with Crippen molar-refractivity contribution in [3.63, 3.8) is 0 Å². The van der Waals surface area contributed by atoms with E-state index in [1.165, 1.54) is 12.1 Å². The molecule has 3 aromatic carbocycles. The van der Waals surface area contributed by atoms with Crippen LogP contribution in [0.25, 0.3) is 11.1 Å². The number of methoxy groups -OCH3 is 1. The van der Waals surface area contributed by atoms with Gasteiger partial charge in [-0.05, 0) is 41.8 Å². The Kier molecular flexibility index (Phi) is 5.43. The molecule has 0 spiro atoms. The molecule has 1 aliphatic rings. The van der Waals surface area contributed by atoms with Crippen molar-refractivity contribution in [2.45, 2.75) is 26.2 Å². The van der Waals surface area contributed by atoms with Crippen molar-refractivity contribution in [3.8, 4) is 28.4 Å². The monoisotopic (exact) mass is 431 g/mol. The van der Waals surface area contributed by atoms with Crippen molar-refractivity contribution < 1.29 is 23.0 Å². The van der Waals surface area contributed by atoms with Gasteiger partial charge in [-0.2, -0.15) is 0 Å². The van der Waals surface area contributed by atoms with Gasteiger partial charge in [-0.1, -0.05) is 42.8 Å². The fourth-order valence-corrected chi connectivity index (χ4v) is 3.72. The van der Waals surface area contributed by atoms with Crippen LogP contribution >= 0.6 is 11.6 Å². The molecule has 4 nitrogen and oxygen atoms in total. The molecular weight excluding hydrogens is 412 g/mol. The number of fused-ring (bicyclic) bond motifs is 1. The molecule has 3 aromatic rings. The van der Waals surface area contributed by atoms with Gasteiger partial charge in [-0.3, -0.25) is 0 Å². The van der Waals surface area contributed by atoms with Crippen LogP contribution in [0.2, 0.25) is 5.02 Å². The van der Waals surface area contributed by atoms with Crippen molar-refractivity contribution in [3.05, 3.63) is 70.7 Å². The minimum absolute atomic E-state index is 0.0316. The zero-order chi connectivity index (χ0) is 21.3. The first-order valence-corrected chi connectivity index (χ1v) is 9.86. The molecule has 0 aliphatic carbocycles. The Labute approximate surface area is 178 Å². The van der Waals surface area contributed by atoms with Gasteiger partial charge in [0.15, 0.2) is 11.5 Å². The summed E-state index contributed by atoms with van der Waals surface area (Å²) in [5.74, 6) is 0.721. The Balaban J connectivity index is 1.60. The number of aryl methyl sites for hydroxylation is 1. The van der Waals surface area contributed by atoms with Gasteiger partial charge < -0.3 is 19.5 Å². The molecule has 0 atom stereocenters. The zero-order valence-corrected chi connectivity index (χ0v) is 17.2. The van der Waals surface area contributed by atoms with E-state index in [0.717, 1.165) is 34.5 Å². The maximum atomic E-state index is 13.3. The fraction of sp³-hybridized carbons (Fsp3) is 0.217.